The number of nitrogens with one attached hydrogen (secondary N) is 4. The molecule has 3 amide bonds. The molecule has 3 atom stereocenters. The Hall–Kier alpha value is -4.29. The van der Waals surface area contributed by atoms with Gasteiger partial charge in [0.1, 0.15) is 23.0 Å². The van der Waals surface area contributed by atoms with Gasteiger partial charge in [-0.3, -0.25) is 28.3 Å². The summed E-state index contributed by atoms with van der Waals surface area (Å²) in [5, 5.41) is 7.79. The van der Waals surface area contributed by atoms with Crippen LogP contribution in [0.1, 0.15) is 99.6 Å². The van der Waals surface area contributed by atoms with Crippen molar-refractivity contribution in [2.75, 3.05) is 36.8 Å². The van der Waals surface area contributed by atoms with Crippen LogP contribution in [0.25, 0.3) is 0 Å². The van der Waals surface area contributed by atoms with Gasteiger partial charge in [-0.2, -0.15) is 0 Å². The molecular weight excluding hydrogens is 820 g/mol. The molecule has 20 heteroatoms. The van der Waals surface area contributed by atoms with Crippen molar-refractivity contribution in [3.05, 3.63) is 53.9 Å². The quantitative estimate of drug-likeness (QED) is 0.0716. The zero-order valence-electron chi connectivity index (χ0n) is 36.4. The average Bonchev–Trinajstić information content (AvgIpc) is 3.11. The van der Waals surface area contributed by atoms with Gasteiger partial charge in [0.05, 0.1) is 30.2 Å². The number of amides is 3. The van der Waals surface area contributed by atoms with Crippen LogP contribution in [-0.4, -0.2) is 103 Å². The second-order valence-corrected chi connectivity index (χ2v) is 20.6. The Labute approximate surface area is 354 Å². The lowest BCUT2D eigenvalue weighted by Crippen LogP contribution is -2.49. The molecule has 1 aromatic carbocycles. The molecule has 1 aliphatic rings. The zero-order chi connectivity index (χ0) is 44.9. The van der Waals surface area contributed by atoms with Crippen LogP contribution >= 0.6 is 7.75 Å². The number of nitrogens with zero attached hydrogens (tertiary/aromatic N) is 2. The first-order chi connectivity index (χ1) is 27.7. The number of carbonyl (C=O) groups excluding carboxylic acids is 4. The molecule has 0 bridgehead atoms. The summed E-state index contributed by atoms with van der Waals surface area (Å²) >= 11 is 0. The van der Waals surface area contributed by atoms with Crippen molar-refractivity contribution in [2.45, 2.75) is 130 Å². The predicted octanol–water partition coefficient (Wildman–Crippen LogP) is 5.23. The summed E-state index contributed by atoms with van der Waals surface area (Å²) in [6.07, 6.45) is 4.57. The fraction of sp³-hybridized carbons (Fsp3) is 0.625. The minimum atomic E-state index is -4.42. The van der Waals surface area contributed by atoms with Gasteiger partial charge >= 0.3 is 19.8 Å². The van der Waals surface area contributed by atoms with Crippen LogP contribution in [0.15, 0.2) is 42.7 Å². The highest BCUT2D eigenvalue weighted by Crippen LogP contribution is 2.48. The Morgan fingerprint density at radius 1 is 0.917 bits per heavy atom. The van der Waals surface area contributed by atoms with Crippen LogP contribution in [-0.2, 0) is 60.5 Å². The number of rotatable bonds is 21. The summed E-state index contributed by atoms with van der Waals surface area (Å²) in [7, 11) is -8.55. The number of fused-ring (bicyclic) bond motifs is 1. The van der Waals surface area contributed by atoms with E-state index in [1.165, 1.54) is 33.9 Å². The normalized spacial score (nSPS) is 15.4. The molecule has 2 heterocycles. The standard InChI is InChI=1S/C40H63N6O12PS/c1-28(35(48)43-29(2)36(49)56-38(3,4)5)44-59(51,55-22-13-11-12-20-42-37(50)57-39(6,7)8)58-40(9,10)27-60(52,53)45-32-17-16-31-25-46(21-18-30(31)23-32)34(47)26-54-33-15-14-19-41-24-33/h14-17,19,23-24,28-29,45H,11-13,18,20-22,25-27H2,1-10H3,(H,42,50)(H,43,48)(H,44,51). The highest BCUT2D eigenvalue weighted by atomic mass is 32.2. The molecular formula is C40H63N6O12PS. The van der Waals surface area contributed by atoms with E-state index in [9.17, 15) is 32.2 Å². The molecule has 3 rings (SSSR count). The third kappa shape index (κ3) is 18.5. The molecule has 2 aromatic rings. The summed E-state index contributed by atoms with van der Waals surface area (Å²) < 4.78 is 71.7. The lowest BCUT2D eigenvalue weighted by atomic mass is 9.99. The van der Waals surface area contributed by atoms with E-state index >= 15 is 0 Å². The van der Waals surface area contributed by atoms with Gasteiger partial charge in [0.15, 0.2) is 6.61 Å². The summed E-state index contributed by atoms with van der Waals surface area (Å²) in [6, 6.07) is 6.24. The third-order valence-corrected chi connectivity index (χ3v) is 11.9. The summed E-state index contributed by atoms with van der Waals surface area (Å²) in [6.45, 7) is 16.9. The van der Waals surface area contributed by atoms with Crippen LogP contribution in [0.4, 0.5) is 10.5 Å². The molecule has 0 radical (unpaired) electrons. The molecule has 0 spiro atoms. The Balaban J connectivity index is 1.64. The van der Waals surface area contributed by atoms with E-state index in [1.807, 2.05) is 0 Å². The number of esters is 1. The molecule has 0 aliphatic carbocycles. The highest BCUT2D eigenvalue weighted by molar-refractivity contribution is 7.92. The first-order valence-electron chi connectivity index (χ1n) is 19.9. The van der Waals surface area contributed by atoms with Crippen molar-refractivity contribution in [3.63, 3.8) is 0 Å². The number of hydrogen-bond donors (Lipinski definition) is 4. The SMILES string of the molecule is CC(NP(=O)(OCCCCCNC(=O)OC(C)(C)C)OC(C)(C)CS(=O)(=O)Nc1ccc2c(c1)CCN(C(=O)COc1cccnc1)C2)C(=O)NC(C)C(=O)OC(C)(C)C. The number of unbranched alkanes of at least 4 members (excludes halogenated alkanes) is 2. The van der Waals surface area contributed by atoms with Crippen molar-refractivity contribution in [3.8, 4) is 5.75 Å². The molecule has 0 saturated carbocycles. The molecule has 18 nitrogen and oxygen atoms in total. The van der Waals surface area contributed by atoms with Gasteiger partial charge < -0.3 is 29.7 Å². The molecule has 336 valence electrons. The van der Waals surface area contributed by atoms with Crippen molar-refractivity contribution in [1.82, 2.24) is 25.6 Å². The van der Waals surface area contributed by atoms with Crippen molar-refractivity contribution in [2.24, 2.45) is 0 Å². The van der Waals surface area contributed by atoms with E-state index in [-0.39, 0.29) is 19.1 Å². The summed E-state index contributed by atoms with van der Waals surface area (Å²) in [5.74, 6) is -1.73. The molecule has 3 unspecified atom stereocenters. The van der Waals surface area contributed by atoms with Crippen LogP contribution in [0.2, 0.25) is 0 Å². The van der Waals surface area contributed by atoms with Gasteiger partial charge in [0.2, 0.25) is 15.9 Å². The number of aromatic nitrogens is 1. The van der Waals surface area contributed by atoms with Gasteiger partial charge in [0, 0.05) is 31.5 Å². The fourth-order valence-electron chi connectivity index (χ4n) is 5.79. The van der Waals surface area contributed by atoms with Crippen LogP contribution < -0.4 is 25.2 Å². The second kappa shape index (κ2) is 21.5. The monoisotopic (exact) mass is 882 g/mol. The zero-order valence-corrected chi connectivity index (χ0v) is 38.1. The number of alkyl carbamates (subject to hydrolysis) is 1. The van der Waals surface area contributed by atoms with Crippen molar-refractivity contribution >= 4 is 47.3 Å². The van der Waals surface area contributed by atoms with Gasteiger partial charge in [-0.05, 0) is 130 Å². The molecule has 60 heavy (non-hydrogen) atoms. The average molecular weight is 883 g/mol. The van der Waals surface area contributed by atoms with Gasteiger partial charge in [-0.15, -0.1) is 0 Å². The minimum absolute atomic E-state index is 0.101. The van der Waals surface area contributed by atoms with Gasteiger partial charge in [-0.25, -0.2) is 27.7 Å². The van der Waals surface area contributed by atoms with Crippen molar-refractivity contribution < 1.29 is 55.4 Å². The van der Waals surface area contributed by atoms with Crippen LogP contribution in [0.3, 0.4) is 0 Å². The number of benzene rings is 1. The number of carbonyl (C=O) groups is 4. The Morgan fingerprint density at radius 3 is 2.27 bits per heavy atom. The molecule has 1 aromatic heterocycles. The minimum Gasteiger partial charge on any atom is -0.482 e. The predicted molar refractivity (Wildman–Crippen MR) is 226 cm³/mol. The maximum absolute atomic E-state index is 14.3. The second-order valence-electron chi connectivity index (χ2n) is 17.2. The Kier molecular flexibility index (Phi) is 17.9. The maximum atomic E-state index is 14.3. The Bertz CT molecular complexity index is 1940. The number of ether oxygens (including phenoxy) is 3. The first kappa shape index (κ1) is 50.1. The highest BCUT2D eigenvalue weighted by Gasteiger charge is 2.39. The van der Waals surface area contributed by atoms with Gasteiger partial charge in [-0.1, -0.05) is 6.07 Å². The lowest BCUT2D eigenvalue weighted by Gasteiger charge is -2.32. The summed E-state index contributed by atoms with van der Waals surface area (Å²) in [4.78, 5) is 56.0. The fourth-order valence-corrected chi connectivity index (χ4v) is 9.27. The van der Waals surface area contributed by atoms with E-state index in [4.69, 9.17) is 23.3 Å². The largest absolute Gasteiger partial charge is 0.482 e. The topological polar surface area (TPSA) is 230 Å². The van der Waals surface area contributed by atoms with Crippen molar-refractivity contribution in [1.29, 1.82) is 0 Å². The molecule has 4 N–H and O–H groups in total. The van der Waals surface area contributed by atoms with E-state index in [0.717, 1.165) is 11.1 Å². The van der Waals surface area contributed by atoms with Gasteiger partial charge in [0.25, 0.3) is 5.91 Å². The van der Waals surface area contributed by atoms with E-state index < -0.39 is 70.4 Å². The van der Waals surface area contributed by atoms with E-state index in [1.54, 1.807) is 83.0 Å². The third-order valence-electron chi connectivity index (χ3n) is 8.36. The van der Waals surface area contributed by atoms with E-state index in [0.29, 0.717) is 56.8 Å². The number of anilines is 1. The van der Waals surface area contributed by atoms with E-state index in [2.05, 4.69) is 25.4 Å². The van der Waals surface area contributed by atoms with Crippen LogP contribution in [0.5, 0.6) is 5.75 Å². The maximum Gasteiger partial charge on any atom is 0.407 e. The lowest BCUT2D eigenvalue weighted by molar-refractivity contribution is -0.158. The summed E-state index contributed by atoms with van der Waals surface area (Å²) in [5.41, 5.74) is -1.01. The number of sulfonamides is 1. The number of pyridine rings is 1. The first-order valence-corrected chi connectivity index (χ1v) is 23.1. The smallest absolute Gasteiger partial charge is 0.407 e. The molecule has 1 aliphatic heterocycles. The molecule has 0 fully saturated rings. The van der Waals surface area contributed by atoms with Crippen LogP contribution in [0, 0.1) is 0 Å². The number of hydrogen-bond acceptors (Lipinski definition) is 13. The Morgan fingerprint density at radius 2 is 1.62 bits per heavy atom. The molecule has 0 saturated heterocycles.